The van der Waals surface area contributed by atoms with Crippen LogP contribution < -0.4 is 10.1 Å². The first kappa shape index (κ1) is 20.2. The van der Waals surface area contributed by atoms with Gasteiger partial charge in [0.15, 0.2) is 0 Å². The van der Waals surface area contributed by atoms with Crippen molar-refractivity contribution in [2.45, 2.75) is 12.3 Å². The van der Waals surface area contributed by atoms with Gasteiger partial charge in [-0.1, -0.05) is 0 Å². The number of piperazine rings is 1. The van der Waals surface area contributed by atoms with Crippen LogP contribution >= 0.6 is 0 Å². The molecule has 1 aromatic heterocycles. The van der Waals surface area contributed by atoms with E-state index in [1.54, 1.807) is 18.1 Å². The number of ether oxygens (including phenoxy) is 1. The summed E-state index contributed by atoms with van der Waals surface area (Å²) >= 11 is 0. The molecule has 2 N–H and O–H groups in total. The fourth-order valence-corrected chi connectivity index (χ4v) is 2.97. The van der Waals surface area contributed by atoms with Crippen LogP contribution in [0.5, 0.6) is 5.75 Å². The molecule has 152 valence electrons. The van der Waals surface area contributed by atoms with E-state index in [9.17, 15) is 23.1 Å². The number of aliphatic hydroxyl groups excluding tert-OH is 1. The minimum atomic E-state index is -4.53. The first-order chi connectivity index (χ1) is 13.2. The fraction of sp³-hybridized carbons (Fsp3) is 0.444. The van der Waals surface area contributed by atoms with Gasteiger partial charge in [0.2, 0.25) is 5.91 Å². The highest BCUT2D eigenvalue weighted by atomic mass is 19.4. The van der Waals surface area contributed by atoms with Gasteiger partial charge in [-0.25, -0.2) is 0 Å². The van der Waals surface area contributed by atoms with Crippen LogP contribution in [-0.4, -0.2) is 64.6 Å². The summed E-state index contributed by atoms with van der Waals surface area (Å²) in [5.74, 6) is -0.123. The average molecular weight is 398 g/mol. The van der Waals surface area contributed by atoms with E-state index in [-0.39, 0.29) is 31.4 Å². The Hall–Kier alpha value is -2.59. The van der Waals surface area contributed by atoms with E-state index in [0.717, 1.165) is 12.1 Å². The topological polar surface area (TPSA) is 79.6 Å². The second kappa shape index (κ2) is 8.19. The van der Waals surface area contributed by atoms with E-state index < -0.39 is 17.8 Å². The van der Waals surface area contributed by atoms with Crippen molar-refractivity contribution in [3.63, 3.8) is 0 Å². The van der Waals surface area contributed by atoms with Crippen molar-refractivity contribution in [2.24, 2.45) is 7.05 Å². The molecule has 1 fully saturated rings. The van der Waals surface area contributed by atoms with Gasteiger partial charge in [-0.15, -0.1) is 0 Å². The molecule has 1 aliphatic heterocycles. The van der Waals surface area contributed by atoms with Gasteiger partial charge in [0, 0.05) is 38.4 Å². The Morgan fingerprint density at radius 1 is 1.32 bits per heavy atom. The van der Waals surface area contributed by atoms with Crippen molar-refractivity contribution < 1.29 is 27.8 Å². The smallest absolute Gasteiger partial charge is 0.416 e. The zero-order valence-corrected chi connectivity index (χ0v) is 15.2. The van der Waals surface area contributed by atoms with Gasteiger partial charge in [0.05, 0.1) is 18.3 Å². The second-order valence-electron chi connectivity index (χ2n) is 6.70. The Bertz CT molecular complexity index is 838. The number of nitrogens with zero attached hydrogens (tertiary/aromatic N) is 3. The molecule has 0 spiro atoms. The second-order valence-corrected chi connectivity index (χ2v) is 6.70. The quantitative estimate of drug-likeness (QED) is 0.767. The number of aliphatic hydroxyl groups is 1. The Labute approximate surface area is 159 Å². The SMILES string of the molecule is Cn1cc(-c2cc(OCC(O)CN3CCNC(=O)C3)cc(C(F)(F)F)c2)cn1. The molecule has 1 aromatic carbocycles. The van der Waals surface area contributed by atoms with Crippen LogP contribution in [0.4, 0.5) is 13.2 Å². The van der Waals surface area contributed by atoms with E-state index in [1.165, 1.54) is 16.9 Å². The van der Waals surface area contributed by atoms with Gasteiger partial charge < -0.3 is 15.2 Å². The number of amides is 1. The summed E-state index contributed by atoms with van der Waals surface area (Å²) in [6.07, 6.45) is -2.40. The number of benzene rings is 1. The van der Waals surface area contributed by atoms with Crippen LogP contribution in [-0.2, 0) is 18.0 Å². The molecule has 3 rings (SSSR count). The Kier molecular flexibility index (Phi) is 5.90. The number of halogens is 3. The van der Waals surface area contributed by atoms with Crippen molar-refractivity contribution in [3.05, 3.63) is 36.2 Å². The third kappa shape index (κ3) is 5.23. The van der Waals surface area contributed by atoms with Gasteiger partial charge in [-0.3, -0.25) is 14.4 Å². The summed E-state index contributed by atoms with van der Waals surface area (Å²) in [7, 11) is 1.67. The number of alkyl halides is 3. The number of carbonyl (C=O) groups excluding carboxylic acids is 1. The molecule has 1 saturated heterocycles. The van der Waals surface area contributed by atoms with Gasteiger partial charge in [0.1, 0.15) is 18.5 Å². The van der Waals surface area contributed by atoms with Crippen LogP contribution in [0, 0.1) is 0 Å². The maximum Gasteiger partial charge on any atom is 0.416 e. The Balaban J connectivity index is 1.70. The van der Waals surface area contributed by atoms with Crippen LogP contribution in [0.15, 0.2) is 30.6 Å². The van der Waals surface area contributed by atoms with Crippen molar-refractivity contribution in [1.82, 2.24) is 20.0 Å². The van der Waals surface area contributed by atoms with Crippen LogP contribution in [0.25, 0.3) is 11.1 Å². The molecule has 28 heavy (non-hydrogen) atoms. The molecule has 0 saturated carbocycles. The van der Waals surface area contributed by atoms with Crippen molar-refractivity contribution in [2.75, 3.05) is 32.8 Å². The molecule has 1 amide bonds. The summed E-state index contributed by atoms with van der Waals surface area (Å²) in [5.41, 5.74) is 0.00416. The molecule has 10 heteroatoms. The first-order valence-electron chi connectivity index (χ1n) is 8.72. The fourth-order valence-electron chi connectivity index (χ4n) is 2.97. The number of hydrogen-bond donors (Lipinski definition) is 2. The lowest BCUT2D eigenvalue weighted by Crippen LogP contribution is -2.50. The molecule has 0 radical (unpaired) electrons. The molecule has 7 nitrogen and oxygen atoms in total. The summed E-state index contributed by atoms with van der Waals surface area (Å²) in [4.78, 5) is 13.1. The van der Waals surface area contributed by atoms with Gasteiger partial charge >= 0.3 is 6.18 Å². The lowest BCUT2D eigenvalue weighted by molar-refractivity contribution is -0.137. The van der Waals surface area contributed by atoms with Crippen molar-refractivity contribution in [1.29, 1.82) is 0 Å². The summed E-state index contributed by atoms with van der Waals surface area (Å²) in [5, 5.41) is 16.8. The number of aryl methyl sites for hydroxylation is 1. The maximum absolute atomic E-state index is 13.2. The lowest BCUT2D eigenvalue weighted by atomic mass is 10.1. The molecule has 0 aliphatic carbocycles. The first-order valence-corrected chi connectivity index (χ1v) is 8.72. The molecular weight excluding hydrogens is 377 g/mol. The minimum absolute atomic E-state index is 0.00381. The summed E-state index contributed by atoms with van der Waals surface area (Å²) in [6, 6.07) is 3.42. The molecule has 2 heterocycles. The van der Waals surface area contributed by atoms with Gasteiger partial charge in [0.25, 0.3) is 0 Å². The van der Waals surface area contributed by atoms with E-state index in [0.29, 0.717) is 24.2 Å². The van der Waals surface area contributed by atoms with Crippen LogP contribution in [0.2, 0.25) is 0 Å². The predicted octanol–water partition coefficient (Wildman–Crippen LogP) is 1.28. The number of β-amino-alcohol motifs (C(OH)–C–C–N with tert-alkyl or cyclic N) is 1. The number of aromatic nitrogens is 2. The Morgan fingerprint density at radius 2 is 2.11 bits per heavy atom. The normalized spacial score (nSPS) is 16.7. The number of rotatable bonds is 6. The molecule has 2 aromatic rings. The zero-order chi connectivity index (χ0) is 20.3. The molecule has 1 aliphatic rings. The number of carbonyl (C=O) groups is 1. The molecular formula is C18H21F3N4O3. The molecule has 0 bridgehead atoms. The maximum atomic E-state index is 13.2. The monoisotopic (exact) mass is 398 g/mol. The van der Waals surface area contributed by atoms with Crippen LogP contribution in [0.3, 0.4) is 0 Å². The summed E-state index contributed by atoms with van der Waals surface area (Å²) in [6.45, 7) is 1.27. The predicted molar refractivity (Wildman–Crippen MR) is 94.6 cm³/mol. The average Bonchev–Trinajstić information content (AvgIpc) is 3.05. The number of nitrogens with one attached hydrogen (secondary N) is 1. The Morgan fingerprint density at radius 3 is 2.75 bits per heavy atom. The third-order valence-corrected chi connectivity index (χ3v) is 4.30. The lowest BCUT2D eigenvalue weighted by Gasteiger charge is -2.28. The van der Waals surface area contributed by atoms with E-state index in [1.807, 2.05) is 0 Å². The largest absolute Gasteiger partial charge is 0.491 e. The highest BCUT2D eigenvalue weighted by Crippen LogP contribution is 2.35. The minimum Gasteiger partial charge on any atom is -0.491 e. The molecule has 1 unspecified atom stereocenters. The number of hydrogen-bond acceptors (Lipinski definition) is 5. The van der Waals surface area contributed by atoms with Crippen molar-refractivity contribution in [3.8, 4) is 16.9 Å². The standard InChI is InChI=1S/C18H21F3N4O3/c1-24-8-13(7-23-24)12-4-14(18(19,20)21)6-16(5-12)28-11-15(26)9-25-3-2-22-17(27)10-25/h4-8,15,26H,2-3,9-11H2,1H3,(H,22,27). The zero-order valence-electron chi connectivity index (χ0n) is 15.2. The summed E-state index contributed by atoms with van der Waals surface area (Å²) < 4.78 is 46.7. The van der Waals surface area contributed by atoms with Gasteiger partial charge in [-0.2, -0.15) is 18.3 Å². The highest BCUT2D eigenvalue weighted by Gasteiger charge is 2.32. The van der Waals surface area contributed by atoms with Crippen molar-refractivity contribution >= 4 is 5.91 Å². The third-order valence-electron chi connectivity index (χ3n) is 4.30. The van der Waals surface area contributed by atoms with Crippen LogP contribution in [0.1, 0.15) is 5.56 Å². The van der Waals surface area contributed by atoms with Gasteiger partial charge in [-0.05, 0) is 23.8 Å². The molecule has 1 atom stereocenters. The van der Waals surface area contributed by atoms with E-state index in [2.05, 4.69) is 10.4 Å². The van der Waals surface area contributed by atoms with E-state index >= 15 is 0 Å². The van der Waals surface area contributed by atoms with E-state index in [4.69, 9.17) is 4.74 Å². The highest BCUT2D eigenvalue weighted by molar-refractivity contribution is 5.78.